The molecule has 0 atom stereocenters. The van der Waals surface area contributed by atoms with Crippen LogP contribution in [0.5, 0.6) is 0 Å². The molecule has 2 aromatic rings. The van der Waals surface area contributed by atoms with Gasteiger partial charge in [-0.1, -0.05) is 62.2 Å². The maximum absolute atomic E-state index is 12.3. The van der Waals surface area contributed by atoms with Crippen molar-refractivity contribution in [3.63, 3.8) is 0 Å². The Morgan fingerprint density at radius 1 is 1.24 bits per heavy atom. The SMILES string of the molecule is CCCCCCc1ccc(C(=O)CSc2ncc(C#N)c(N)n2)cc1. The highest BCUT2D eigenvalue weighted by atomic mass is 32.2. The molecular weight excluding hydrogens is 332 g/mol. The van der Waals surface area contributed by atoms with Crippen molar-refractivity contribution in [2.45, 2.75) is 44.2 Å². The number of nitrogens with zero attached hydrogens (tertiary/aromatic N) is 3. The van der Waals surface area contributed by atoms with Crippen molar-refractivity contribution in [1.29, 1.82) is 5.26 Å². The highest BCUT2D eigenvalue weighted by Gasteiger charge is 2.10. The number of benzene rings is 1. The molecule has 6 heteroatoms. The van der Waals surface area contributed by atoms with E-state index in [0.717, 1.165) is 6.42 Å². The first-order chi connectivity index (χ1) is 12.1. The predicted octanol–water partition coefficient (Wildman–Crippen LogP) is 4.03. The number of nitrogen functional groups attached to an aromatic ring is 1. The largest absolute Gasteiger partial charge is 0.382 e. The van der Waals surface area contributed by atoms with Gasteiger partial charge in [0.15, 0.2) is 10.9 Å². The van der Waals surface area contributed by atoms with Crippen LogP contribution in [0.1, 0.15) is 54.1 Å². The molecule has 0 unspecified atom stereocenters. The molecule has 0 bridgehead atoms. The fourth-order valence-corrected chi connectivity index (χ4v) is 3.08. The number of aromatic nitrogens is 2. The van der Waals surface area contributed by atoms with E-state index in [1.54, 1.807) is 0 Å². The monoisotopic (exact) mass is 354 g/mol. The normalized spacial score (nSPS) is 10.4. The van der Waals surface area contributed by atoms with Gasteiger partial charge in [-0.15, -0.1) is 0 Å². The standard InChI is InChI=1S/C19H22N4OS/c1-2-3-4-5-6-14-7-9-15(10-8-14)17(24)13-25-19-22-12-16(11-20)18(21)23-19/h7-10,12H,2-6,13H2,1H3,(H2,21,22,23). The second-order valence-corrected chi connectivity index (χ2v) is 6.73. The second-order valence-electron chi connectivity index (χ2n) is 5.78. The van der Waals surface area contributed by atoms with Gasteiger partial charge in [0.2, 0.25) is 0 Å². The van der Waals surface area contributed by atoms with E-state index in [1.807, 2.05) is 30.3 Å². The summed E-state index contributed by atoms with van der Waals surface area (Å²) in [6.07, 6.45) is 7.38. The minimum Gasteiger partial charge on any atom is -0.382 e. The molecule has 2 rings (SSSR count). The van der Waals surface area contributed by atoms with Crippen LogP contribution in [0, 0.1) is 11.3 Å². The molecule has 5 nitrogen and oxygen atoms in total. The number of hydrogen-bond donors (Lipinski definition) is 1. The smallest absolute Gasteiger partial charge is 0.189 e. The average Bonchev–Trinajstić information content (AvgIpc) is 2.64. The first-order valence-corrected chi connectivity index (χ1v) is 9.40. The van der Waals surface area contributed by atoms with Crippen molar-refractivity contribution in [3.8, 4) is 6.07 Å². The number of ketones is 1. The Bertz CT molecular complexity index is 753. The number of nitriles is 1. The number of nitrogens with two attached hydrogens (primary N) is 1. The number of unbranched alkanes of at least 4 members (excludes halogenated alkanes) is 3. The number of carbonyl (C=O) groups is 1. The molecule has 0 aliphatic rings. The van der Waals surface area contributed by atoms with E-state index in [0.29, 0.717) is 10.7 Å². The van der Waals surface area contributed by atoms with Gasteiger partial charge in [0.05, 0.1) is 11.9 Å². The van der Waals surface area contributed by atoms with Gasteiger partial charge in [0, 0.05) is 5.56 Å². The zero-order chi connectivity index (χ0) is 18.1. The summed E-state index contributed by atoms with van der Waals surface area (Å²) in [4.78, 5) is 20.3. The van der Waals surface area contributed by atoms with Crippen LogP contribution < -0.4 is 5.73 Å². The summed E-state index contributed by atoms with van der Waals surface area (Å²) in [5.41, 5.74) is 7.85. The number of aryl methyl sites for hydroxylation is 1. The summed E-state index contributed by atoms with van der Waals surface area (Å²) >= 11 is 1.22. The van der Waals surface area contributed by atoms with Gasteiger partial charge in [-0.25, -0.2) is 9.97 Å². The lowest BCUT2D eigenvalue weighted by Crippen LogP contribution is -2.04. The molecule has 0 radical (unpaired) electrons. The van der Waals surface area contributed by atoms with Crippen LogP contribution in [-0.4, -0.2) is 21.5 Å². The fraction of sp³-hybridized carbons (Fsp3) is 0.368. The number of carbonyl (C=O) groups excluding carboxylic acids is 1. The number of Topliss-reactive ketones (excluding diaryl/α,β-unsaturated/α-hetero) is 1. The Labute approximate surface area is 152 Å². The van der Waals surface area contributed by atoms with Crippen LogP contribution in [0.4, 0.5) is 5.82 Å². The minimum absolute atomic E-state index is 0.0223. The molecule has 0 aliphatic carbocycles. The van der Waals surface area contributed by atoms with Crippen LogP contribution in [0.15, 0.2) is 35.6 Å². The number of hydrogen-bond acceptors (Lipinski definition) is 6. The molecular formula is C19H22N4OS. The fourth-order valence-electron chi connectivity index (χ4n) is 2.36. The van der Waals surface area contributed by atoms with Crippen LogP contribution in [0.2, 0.25) is 0 Å². The van der Waals surface area contributed by atoms with Gasteiger partial charge in [-0.05, 0) is 18.4 Å². The number of thioether (sulfide) groups is 1. The highest BCUT2D eigenvalue weighted by Crippen LogP contribution is 2.18. The van der Waals surface area contributed by atoms with Gasteiger partial charge in [-0.2, -0.15) is 5.26 Å². The second kappa shape index (κ2) is 9.80. The van der Waals surface area contributed by atoms with Crippen LogP contribution >= 0.6 is 11.8 Å². The van der Waals surface area contributed by atoms with Crippen molar-refractivity contribution in [2.75, 3.05) is 11.5 Å². The molecule has 25 heavy (non-hydrogen) atoms. The van der Waals surface area contributed by atoms with Gasteiger partial charge in [0.25, 0.3) is 0 Å². The maximum atomic E-state index is 12.3. The average molecular weight is 354 g/mol. The zero-order valence-corrected chi connectivity index (χ0v) is 15.2. The van der Waals surface area contributed by atoms with Crippen molar-refractivity contribution in [1.82, 2.24) is 9.97 Å². The first kappa shape index (κ1) is 18.9. The maximum Gasteiger partial charge on any atom is 0.189 e. The molecule has 0 saturated heterocycles. The summed E-state index contributed by atoms with van der Waals surface area (Å²) < 4.78 is 0. The summed E-state index contributed by atoms with van der Waals surface area (Å²) in [5.74, 6) is 0.398. The highest BCUT2D eigenvalue weighted by molar-refractivity contribution is 7.99. The lowest BCUT2D eigenvalue weighted by Gasteiger charge is -2.04. The number of rotatable bonds is 9. The van der Waals surface area contributed by atoms with Crippen molar-refractivity contribution in [2.24, 2.45) is 0 Å². The van der Waals surface area contributed by atoms with Crippen molar-refractivity contribution >= 4 is 23.4 Å². The molecule has 2 N–H and O–H groups in total. The topological polar surface area (TPSA) is 92.7 Å². The zero-order valence-electron chi connectivity index (χ0n) is 14.4. The van der Waals surface area contributed by atoms with Crippen LogP contribution in [-0.2, 0) is 6.42 Å². The van der Waals surface area contributed by atoms with Crippen molar-refractivity contribution in [3.05, 3.63) is 47.2 Å². The molecule has 0 fully saturated rings. The van der Waals surface area contributed by atoms with E-state index < -0.39 is 0 Å². The van der Waals surface area contributed by atoms with E-state index >= 15 is 0 Å². The van der Waals surface area contributed by atoms with E-state index in [4.69, 9.17) is 11.0 Å². The first-order valence-electron chi connectivity index (χ1n) is 8.41. The molecule has 1 aromatic carbocycles. The number of anilines is 1. The third-order valence-corrected chi connectivity index (χ3v) is 4.71. The van der Waals surface area contributed by atoms with Crippen LogP contribution in [0.25, 0.3) is 0 Å². The summed E-state index contributed by atoms with van der Waals surface area (Å²) in [5, 5.41) is 9.21. The lowest BCUT2D eigenvalue weighted by atomic mass is 10.0. The van der Waals surface area contributed by atoms with E-state index in [-0.39, 0.29) is 22.9 Å². The lowest BCUT2D eigenvalue weighted by molar-refractivity contribution is 0.102. The van der Waals surface area contributed by atoms with E-state index in [9.17, 15) is 4.79 Å². The Kier molecular flexibility index (Phi) is 7.42. The Hall–Kier alpha value is -2.39. The van der Waals surface area contributed by atoms with Crippen LogP contribution in [0.3, 0.4) is 0 Å². The molecule has 1 aromatic heterocycles. The molecule has 1 heterocycles. The van der Waals surface area contributed by atoms with E-state index in [2.05, 4.69) is 16.9 Å². The summed E-state index contributed by atoms with van der Waals surface area (Å²) in [6.45, 7) is 2.20. The third-order valence-electron chi connectivity index (χ3n) is 3.84. The minimum atomic E-state index is 0.0223. The Morgan fingerprint density at radius 3 is 2.64 bits per heavy atom. The summed E-state index contributed by atoms with van der Waals surface area (Å²) in [6, 6.07) is 9.73. The Balaban J connectivity index is 1.86. The molecule has 0 aliphatic heterocycles. The molecule has 0 amide bonds. The van der Waals surface area contributed by atoms with Gasteiger partial charge < -0.3 is 5.73 Å². The predicted molar refractivity (Wildman–Crippen MR) is 101 cm³/mol. The van der Waals surface area contributed by atoms with Gasteiger partial charge in [0.1, 0.15) is 17.5 Å². The van der Waals surface area contributed by atoms with Gasteiger partial charge >= 0.3 is 0 Å². The van der Waals surface area contributed by atoms with E-state index in [1.165, 1.54) is 49.2 Å². The van der Waals surface area contributed by atoms with Crippen molar-refractivity contribution < 1.29 is 4.79 Å². The third kappa shape index (κ3) is 5.87. The molecule has 130 valence electrons. The molecule has 0 spiro atoms. The summed E-state index contributed by atoms with van der Waals surface area (Å²) in [7, 11) is 0. The molecule has 0 saturated carbocycles. The quantitative estimate of drug-likeness (QED) is 0.316. The van der Waals surface area contributed by atoms with Gasteiger partial charge in [-0.3, -0.25) is 4.79 Å². The Morgan fingerprint density at radius 2 is 2.00 bits per heavy atom.